The van der Waals surface area contributed by atoms with Gasteiger partial charge >= 0.3 is 12.4 Å². The van der Waals surface area contributed by atoms with Crippen LogP contribution in [0.5, 0.6) is 0 Å². The van der Waals surface area contributed by atoms with E-state index in [0.29, 0.717) is 5.56 Å². The molecule has 0 aliphatic rings. The van der Waals surface area contributed by atoms with E-state index in [-0.39, 0.29) is 28.5 Å². The van der Waals surface area contributed by atoms with E-state index < -0.39 is 44.8 Å². The molecule has 176 valence electrons. The van der Waals surface area contributed by atoms with E-state index in [1.165, 1.54) is 12.1 Å². The zero-order chi connectivity index (χ0) is 24.4. The number of amides is 1. The Morgan fingerprint density at radius 3 is 2.03 bits per heavy atom. The van der Waals surface area contributed by atoms with Crippen molar-refractivity contribution in [3.05, 3.63) is 71.0 Å². The second-order valence-electron chi connectivity index (χ2n) is 6.43. The first kappa shape index (κ1) is 24.4. The van der Waals surface area contributed by atoms with Crippen molar-refractivity contribution in [3.8, 4) is 0 Å². The molecule has 3 aromatic rings. The topological polar surface area (TPSA) is 101 Å². The highest BCUT2D eigenvalue weighted by Gasteiger charge is 2.36. The quantitative estimate of drug-likeness (QED) is 0.482. The predicted octanol–water partition coefficient (Wildman–Crippen LogP) is 4.31. The third-order valence-electron chi connectivity index (χ3n) is 4.06. The monoisotopic (exact) mass is 510 g/mol. The van der Waals surface area contributed by atoms with E-state index in [9.17, 15) is 39.6 Å². The van der Waals surface area contributed by atoms with Crippen LogP contribution in [-0.2, 0) is 28.9 Å². The summed E-state index contributed by atoms with van der Waals surface area (Å²) < 4.78 is 105. The molecule has 0 aliphatic heterocycles. The van der Waals surface area contributed by atoms with E-state index in [4.69, 9.17) is 0 Å². The number of carbonyl (C=O) groups excluding carboxylic acids is 1. The van der Waals surface area contributed by atoms with Gasteiger partial charge < -0.3 is 5.32 Å². The first-order valence-electron chi connectivity index (χ1n) is 8.74. The van der Waals surface area contributed by atoms with Gasteiger partial charge in [-0.25, -0.2) is 8.42 Å². The van der Waals surface area contributed by atoms with E-state index in [1.54, 1.807) is 0 Å². The number of nitrogens with one attached hydrogen (secondary N) is 2. The Bertz CT molecular complexity index is 1240. The number of aromatic nitrogens is 2. The van der Waals surface area contributed by atoms with Crippen LogP contribution in [0.2, 0.25) is 0 Å². The average Bonchev–Trinajstić information content (AvgIpc) is 3.20. The minimum absolute atomic E-state index is 0.0520. The van der Waals surface area contributed by atoms with Crippen LogP contribution in [0.4, 0.5) is 31.5 Å². The SMILES string of the molecule is O=C(NCc1ccc(C(F)(F)F)cc1)c1ccc(S(=O)(=O)Nc2nc(C(F)(F)F)ns2)cc1. The van der Waals surface area contributed by atoms with Gasteiger partial charge in [0.1, 0.15) is 0 Å². The molecule has 0 saturated carbocycles. The molecule has 1 aromatic heterocycles. The molecule has 0 radical (unpaired) electrons. The van der Waals surface area contributed by atoms with Crippen molar-refractivity contribution in [1.29, 1.82) is 0 Å². The smallest absolute Gasteiger partial charge is 0.348 e. The zero-order valence-electron chi connectivity index (χ0n) is 16.0. The summed E-state index contributed by atoms with van der Waals surface area (Å²) in [4.78, 5) is 14.9. The summed E-state index contributed by atoms with van der Waals surface area (Å²) in [6, 6.07) is 8.62. The lowest BCUT2D eigenvalue weighted by molar-refractivity contribution is -0.144. The number of benzene rings is 2. The number of alkyl halides is 6. The second kappa shape index (κ2) is 8.97. The van der Waals surface area contributed by atoms with E-state index in [1.807, 2.05) is 4.72 Å². The van der Waals surface area contributed by atoms with E-state index in [0.717, 1.165) is 36.4 Å². The molecule has 0 spiro atoms. The van der Waals surface area contributed by atoms with Crippen LogP contribution in [0.15, 0.2) is 53.4 Å². The standard InChI is InChI=1S/C18H12F6N4O3S2/c19-17(20,21)12-5-1-10(2-6-12)9-25-14(29)11-3-7-13(8-4-11)33(30,31)28-16-26-15(27-32-16)18(22,23)24/h1-8H,9H2,(H,25,29)(H,26,27,28). The molecule has 2 aromatic carbocycles. The average molecular weight is 510 g/mol. The summed E-state index contributed by atoms with van der Waals surface area (Å²) in [5, 5.41) is 1.90. The number of carbonyl (C=O) groups is 1. The Hall–Kier alpha value is -3.20. The summed E-state index contributed by atoms with van der Waals surface area (Å²) in [7, 11) is -4.29. The summed E-state index contributed by atoms with van der Waals surface area (Å²) in [6.45, 7) is -0.0723. The molecule has 0 atom stereocenters. The molecule has 0 saturated heterocycles. The maximum absolute atomic E-state index is 12.6. The summed E-state index contributed by atoms with van der Waals surface area (Å²) in [5.74, 6) is -2.10. The van der Waals surface area contributed by atoms with Gasteiger partial charge in [0.05, 0.1) is 10.5 Å². The summed E-state index contributed by atoms with van der Waals surface area (Å²) in [5.41, 5.74) is -0.364. The molecule has 33 heavy (non-hydrogen) atoms. The van der Waals surface area contributed by atoms with Gasteiger partial charge in [0.25, 0.3) is 15.9 Å². The number of hydrogen-bond acceptors (Lipinski definition) is 6. The Balaban J connectivity index is 1.63. The highest BCUT2D eigenvalue weighted by atomic mass is 32.2. The van der Waals surface area contributed by atoms with E-state index in [2.05, 4.69) is 14.7 Å². The molecule has 7 nitrogen and oxygen atoms in total. The van der Waals surface area contributed by atoms with Gasteiger partial charge in [-0.05, 0) is 42.0 Å². The number of sulfonamides is 1. The normalized spacial score (nSPS) is 12.4. The molecular weight excluding hydrogens is 498 g/mol. The van der Waals surface area contributed by atoms with Gasteiger partial charge in [-0.1, -0.05) is 12.1 Å². The third-order valence-corrected chi connectivity index (χ3v) is 6.18. The molecule has 15 heteroatoms. The molecule has 0 aliphatic carbocycles. The highest BCUT2D eigenvalue weighted by Crippen LogP contribution is 2.30. The van der Waals surface area contributed by atoms with Crippen molar-refractivity contribution in [1.82, 2.24) is 14.7 Å². The van der Waals surface area contributed by atoms with Crippen LogP contribution in [0, 0.1) is 0 Å². The molecule has 0 fully saturated rings. The number of nitrogens with zero attached hydrogens (tertiary/aromatic N) is 2. The van der Waals surface area contributed by atoms with Crippen LogP contribution in [0.25, 0.3) is 0 Å². The predicted molar refractivity (Wildman–Crippen MR) is 105 cm³/mol. The maximum atomic E-state index is 12.6. The van der Waals surface area contributed by atoms with Gasteiger partial charge in [-0.3, -0.25) is 9.52 Å². The lowest BCUT2D eigenvalue weighted by Gasteiger charge is -2.09. The van der Waals surface area contributed by atoms with Gasteiger partial charge in [-0.2, -0.15) is 35.7 Å². The van der Waals surface area contributed by atoms with Gasteiger partial charge in [0, 0.05) is 23.6 Å². The number of rotatable bonds is 6. The molecule has 1 amide bonds. The van der Waals surface area contributed by atoms with Crippen molar-refractivity contribution in [2.75, 3.05) is 4.72 Å². The fraction of sp³-hybridized carbons (Fsp3) is 0.167. The van der Waals surface area contributed by atoms with Crippen molar-refractivity contribution in [3.63, 3.8) is 0 Å². The Labute approximate surface area is 186 Å². The molecule has 3 rings (SSSR count). The minimum atomic E-state index is -4.82. The Morgan fingerprint density at radius 1 is 0.909 bits per heavy atom. The summed E-state index contributed by atoms with van der Waals surface area (Å²) >= 11 is 0.215. The highest BCUT2D eigenvalue weighted by molar-refractivity contribution is 7.93. The number of halogens is 6. The van der Waals surface area contributed by atoms with E-state index >= 15 is 0 Å². The lowest BCUT2D eigenvalue weighted by Crippen LogP contribution is -2.23. The Kier molecular flexibility index (Phi) is 6.65. The fourth-order valence-electron chi connectivity index (χ4n) is 2.44. The van der Waals surface area contributed by atoms with Crippen LogP contribution in [-0.4, -0.2) is 23.7 Å². The molecule has 2 N–H and O–H groups in total. The lowest BCUT2D eigenvalue weighted by atomic mass is 10.1. The Morgan fingerprint density at radius 2 is 1.52 bits per heavy atom. The van der Waals surface area contributed by atoms with Crippen LogP contribution < -0.4 is 10.0 Å². The first-order chi connectivity index (χ1) is 15.3. The minimum Gasteiger partial charge on any atom is -0.348 e. The van der Waals surface area contributed by atoms with Crippen molar-refractivity contribution < 1.29 is 39.6 Å². The zero-order valence-corrected chi connectivity index (χ0v) is 17.7. The van der Waals surface area contributed by atoms with Crippen LogP contribution >= 0.6 is 11.5 Å². The van der Waals surface area contributed by atoms with Crippen molar-refractivity contribution in [2.24, 2.45) is 0 Å². The summed E-state index contributed by atoms with van der Waals surface area (Å²) in [6.07, 6.45) is -9.30. The van der Waals surface area contributed by atoms with Crippen LogP contribution in [0.1, 0.15) is 27.3 Å². The fourth-order valence-corrected chi connectivity index (χ4v) is 4.25. The second-order valence-corrected chi connectivity index (χ2v) is 8.86. The largest absolute Gasteiger partial charge is 0.452 e. The molecule has 0 unspecified atom stereocenters. The van der Waals surface area contributed by atoms with Gasteiger partial charge in [-0.15, -0.1) is 0 Å². The van der Waals surface area contributed by atoms with Crippen molar-refractivity contribution >= 4 is 32.6 Å². The van der Waals surface area contributed by atoms with Crippen molar-refractivity contribution in [2.45, 2.75) is 23.8 Å². The van der Waals surface area contributed by atoms with Gasteiger partial charge in [0.2, 0.25) is 11.0 Å². The molecule has 0 bridgehead atoms. The first-order valence-corrected chi connectivity index (χ1v) is 11.0. The maximum Gasteiger partial charge on any atom is 0.452 e. The molecular formula is C18H12F6N4O3S2. The third kappa shape index (κ3) is 6.19. The number of hydrogen-bond donors (Lipinski definition) is 2. The molecule has 1 heterocycles. The number of anilines is 1. The van der Waals surface area contributed by atoms with Crippen LogP contribution in [0.3, 0.4) is 0 Å². The van der Waals surface area contributed by atoms with Gasteiger partial charge in [0.15, 0.2) is 0 Å².